The number of nitrogens with zero attached hydrogens (tertiary/aromatic N) is 3. The lowest BCUT2D eigenvalue weighted by atomic mass is 10.5. The predicted octanol–water partition coefficient (Wildman–Crippen LogP) is 0.625. The molecule has 1 N–H and O–H groups in total. The fourth-order valence-electron chi connectivity index (χ4n) is 1.32. The van der Waals surface area contributed by atoms with E-state index in [-0.39, 0.29) is 11.6 Å². The van der Waals surface area contributed by atoms with Gasteiger partial charge in [-0.25, -0.2) is 9.78 Å². The van der Waals surface area contributed by atoms with E-state index in [9.17, 15) is 9.59 Å². The molecule has 0 aliphatic rings. The molecule has 0 amide bonds. The van der Waals surface area contributed by atoms with Crippen LogP contribution in [0, 0.1) is 0 Å². The third kappa shape index (κ3) is 2.27. The standard InChI is InChI=1S/C9H8Cl2N4O2/c1-14-6(11)2-12-7(14)4-15-3-5(10)8(16)13-9(15)17/h2-3H,4H2,1H3,(H,13,16,17). The van der Waals surface area contributed by atoms with Gasteiger partial charge in [0.2, 0.25) is 0 Å². The van der Waals surface area contributed by atoms with Gasteiger partial charge in [-0.15, -0.1) is 0 Å². The molecule has 0 saturated carbocycles. The van der Waals surface area contributed by atoms with Gasteiger partial charge >= 0.3 is 5.69 Å². The number of aromatic nitrogens is 4. The Hall–Kier alpha value is -1.53. The summed E-state index contributed by atoms with van der Waals surface area (Å²) in [6.07, 6.45) is 2.75. The number of hydrogen-bond acceptors (Lipinski definition) is 3. The van der Waals surface area contributed by atoms with Gasteiger partial charge in [-0.3, -0.25) is 14.3 Å². The zero-order valence-electron chi connectivity index (χ0n) is 8.78. The van der Waals surface area contributed by atoms with E-state index in [2.05, 4.69) is 9.97 Å². The van der Waals surface area contributed by atoms with Gasteiger partial charge in [0.15, 0.2) is 0 Å². The number of nitrogens with one attached hydrogen (secondary N) is 1. The van der Waals surface area contributed by atoms with Gasteiger partial charge in [-0.1, -0.05) is 23.2 Å². The molecular weight excluding hydrogens is 267 g/mol. The number of imidazole rings is 1. The molecule has 2 rings (SSSR count). The highest BCUT2D eigenvalue weighted by Crippen LogP contribution is 2.09. The molecule has 0 radical (unpaired) electrons. The minimum absolute atomic E-state index is 0.0510. The Morgan fingerprint density at radius 1 is 1.41 bits per heavy atom. The molecule has 8 heteroatoms. The van der Waals surface area contributed by atoms with Crippen molar-refractivity contribution in [2.24, 2.45) is 7.05 Å². The molecule has 6 nitrogen and oxygen atoms in total. The van der Waals surface area contributed by atoms with Crippen LogP contribution in [0.25, 0.3) is 0 Å². The second-order valence-electron chi connectivity index (χ2n) is 3.42. The largest absolute Gasteiger partial charge is 0.328 e. The Morgan fingerprint density at radius 3 is 2.71 bits per heavy atom. The number of H-pyrrole nitrogens is 1. The van der Waals surface area contributed by atoms with Gasteiger partial charge < -0.3 is 4.57 Å². The maximum Gasteiger partial charge on any atom is 0.328 e. The highest BCUT2D eigenvalue weighted by Gasteiger charge is 2.08. The first kappa shape index (κ1) is 11.9. The molecule has 0 aliphatic carbocycles. The Kier molecular flexibility index (Phi) is 3.08. The van der Waals surface area contributed by atoms with Crippen LogP contribution in [-0.2, 0) is 13.6 Å². The minimum Gasteiger partial charge on any atom is -0.321 e. The predicted molar refractivity (Wildman–Crippen MR) is 63.7 cm³/mol. The number of rotatable bonds is 2. The Morgan fingerprint density at radius 2 is 2.12 bits per heavy atom. The maximum atomic E-state index is 11.5. The van der Waals surface area contributed by atoms with E-state index in [1.54, 1.807) is 11.6 Å². The Balaban J connectivity index is 2.43. The Labute approximate surface area is 105 Å². The first-order chi connectivity index (χ1) is 7.99. The Bertz CT molecular complexity index is 670. The molecule has 0 aliphatic heterocycles. The molecule has 0 atom stereocenters. The van der Waals surface area contributed by atoms with Crippen LogP contribution in [0.1, 0.15) is 5.82 Å². The maximum absolute atomic E-state index is 11.5. The average molecular weight is 275 g/mol. The molecule has 2 aromatic heterocycles. The summed E-state index contributed by atoms with van der Waals surface area (Å²) in [5.41, 5.74) is -1.15. The summed E-state index contributed by atoms with van der Waals surface area (Å²) in [4.78, 5) is 28.7. The second-order valence-corrected chi connectivity index (χ2v) is 4.21. The average Bonchev–Trinajstić information content (AvgIpc) is 2.58. The molecule has 2 heterocycles. The normalized spacial score (nSPS) is 10.8. The third-order valence-corrected chi connectivity index (χ3v) is 2.93. The quantitative estimate of drug-likeness (QED) is 0.873. The lowest BCUT2D eigenvalue weighted by molar-refractivity contribution is 0.658. The topological polar surface area (TPSA) is 72.7 Å². The summed E-state index contributed by atoms with van der Waals surface area (Å²) >= 11 is 11.5. The van der Waals surface area contributed by atoms with Crippen molar-refractivity contribution in [3.63, 3.8) is 0 Å². The van der Waals surface area contributed by atoms with Crippen LogP contribution in [-0.4, -0.2) is 19.1 Å². The molecular formula is C9H8Cl2N4O2. The van der Waals surface area contributed by atoms with E-state index in [4.69, 9.17) is 23.2 Å². The monoisotopic (exact) mass is 274 g/mol. The minimum atomic E-state index is -0.606. The smallest absolute Gasteiger partial charge is 0.321 e. The van der Waals surface area contributed by atoms with E-state index in [0.717, 1.165) is 0 Å². The van der Waals surface area contributed by atoms with Gasteiger partial charge in [0.1, 0.15) is 16.0 Å². The summed E-state index contributed by atoms with van der Waals surface area (Å²) < 4.78 is 2.88. The van der Waals surface area contributed by atoms with Crippen LogP contribution < -0.4 is 11.2 Å². The zero-order chi connectivity index (χ0) is 12.6. The van der Waals surface area contributed by atoms with Crippen LogP contribution >= 0.6 is 23.2 Å². The van der Waals surface area contributed by atoms with Crippen molar-refractivity contribution in [1.82, 2.24) is 19.1 Å². The molecule has 0 spiro atoms. The summed E-state index contributed by atoms with van der Waals surface area (Å²) in [5, 5.41) is 0.411. The molecule has 90 valence electrons. The fraction of sp³-hybridized carbons (Fsp3) is 0.222. The van der Waals surface area contributed by atoms with Crippen LogP contribution in [0.5, 0.6) is 0 Å². The first-order valence-electron chi connectivity index (χ1n) is 4.64. The lowest BCUT2D eigenvalue weighted by Crippen LogP contribution is -2.30. The van der Waals surface area contributed by atoms with Gasteiger partial charge in [0.25, 0.3) is 5.56 Å². The van der Waals surface area contributed by atoms with E-state index in [1.807, 2.05) is 0 Å². The molecule has 2 aromatic rings. The van der Waals surface area contributed by atoms with Crippen LogP contribution in [0.15, 0.2) is 22.0 Å². The van der Waals surface area contributed by atoms with Crippen molar-refractivity contribution in [3.05, 3.63) is 49.2 Å². The molecule has 0 bridgehead atoms. The van der Waals surface area contributed by atoms with Crippen molar-refractivity contribution < 1.29 is 0 Å². The van der Waals surface area contributed by atoms with Crippen LogP contribution in [0.4, 0.5) is 0 Å². The summed E-state index contributed by atoms with van der Waals surface area (Å²) in [7, 11) is 1.73. The summed E-state index contributed by atoms with van der Waals surface area (Å²) in [5.74, 6) is 0.584. The van der Waals surface area contributed by atoms with Crippen molar-refractivity contribution in [1.29, 1.82) is 0 Å². The summed E-state index contributed by atoms with van der Waals surface area (Å²) in [6.45, 7) is 0.179. The molecule has 0 fully saturated rings. The first-order valence-corrected chi connectivity index (χ1v) is 5.40. The van der Waals surface area contributed by atoms with Crippen molar-refractivity contribution in [2.45, 2.75) is 6.54 Å². The molecule has 17 heavy (non-hydrogen) atoms. The lowest BCUT2D eigenvalue weighted by Gasteiger charge is -2.05. The van der Waals surface area contributed by atoms with Gasteiger partial charge in [0, 0.05) is 13.2 Å². The van der Waals surface area contributed by atoms with Crippen molar-refractivity contribution in [2.75, 3.05) is 0 Å². The number of aromatic amines is 1. The third-order valence-electron chi connectivity index (χ3n) is 2.31. The van der Waals surface area contributed by atoms with Crippen molar-refractivity contribution >= 4 is 23.2 Å². The zero-order valence-corrected chi connectivity index (χ0v) is 10.3. The molecule has 0 unspecified atom stereocenters. The van der Waals surface area contributed by atoms with E-state index >= 15 is 0 Å². The number of halogens is 2. The highest BCUT2D eigenvalue weighted by molar-refractivity contribution is 6.30. The van der Waals surface area contributed by atoms with E-state index < -0.39 is 11.2 Å². The van der Waals surface area contributed by atoms with E-state index in [0.29, 0.717) is 11.0 Å². The SMILES string of the molecule is Cn1c(Cl)cnc1Cn1cc(Cl)c(=O)[nH]c1=O. The van der Waals surface area contributed by atoms with Gasteiger partial charge in [-0.05, 0) is 0 Å². The van der Waals surface area contributed by atoms with E-state index in [1.165, 1.54) is 17.0 Å². The molecule has 0 saturated heterocycles. The van der Waals surface area contributed by atoms with Gasteiger partial charge in [-0.2, -0.15) is 0 Å². The van der Waals surface area contributed by atoms with Crippen LogP contribution in [0.2, 0.25) is 10.2 Å². The van der Waals surface area contributed by atoms with Gasteiger partial charge in [0.05, 0.1) is 12.7 Å². The second kappa shape index (κ2) is 4.38. The highest BCUT2D eigenvalue weighted by atomic mass is 35.5. The van der Waals surface area contributed by atoms with Crippen molar-refractivity contribution in [3.8, 4) is 0 Å². The fourth-order valence-corrected chi connectivity index (χ4v) is 1.64. The number of hydrogen-bond donors (Lipinski definition) is 1. The summed E-state index contributed by atoms with van der Waals surface area (Å²) in [6, 6.07) is 0. The van der Waals surface area contributed by atoms with Crippen LogP contribution in [0.3, 0.4) is 0 Å². The molecule has 0 aromatic carbocycles.